The summed E-state index contributed by atoms with van der Waals surface area (Å²) in [5, 5.41) is 12.9. The smallest absolute Gasteiger partial charge is 0.0626 e. The number of aliphatic hydroxyl groups is 1. The maximum absolute atomic E-state index is 9.51. The van der Waals surface area contributed by atoms with Crippen molar-refractivity contribution in [3.8, 4) is 0 Å². The molecule has 1 aliphatic heterocycles. The second-order valence-corrected chi connectivity index (χ2v) is 4.81. The van der Waals surface area contributed by atoms with Crippen LogP contribution in [0.2, 0.25) is 0 Å². The van der Waals surface area contributed by atoms with Gasteiger partial charge >= 0.3 is 0 Å². The number of rotatable bonds is 6. The molecule has 0 aromatic heterocycles. The highest BCUT2D eigenvalue weighted by atomic mass is 16.5. The van der Waals surface area contributed by atoms with Crippen molar-refractivity contribution in [1.82, 2.24) is 10.2 Å². The van der Waals surface area contributed by atoms with E-state index < -0.39 is 0 Å². The molecule has 15 heavy (non-hydrogen) atoms. The van der Waals surface area contributed by atoms with Gasteiger partial charge in [-0.3, -0.25) is 4.90 Å². The summed E-state index contributed by atoms with van der Waals surface area (Å²) in [5.74, 6) is 0. The maximum Gasteiger partial charge on any atom is 0.0626 e. The Balaban J connectivity index is 1.80. The summed E-state index contributed by atoms with van der Waals surface area (Å²) in [6, 6.07) is 0.808. The van der Waals surface area contributed by atoms with Crippen LogP contribution in [0.25, 0.3) is 0 Å². The highest BCUT2D eigenvalue weighted by Crippen LogP contribution is 2.33. The fourth-order valence-corrected chi connectivity index (χ4v) is 2.40. The van der Waals surface area contributed by atoms with Gasteiger partial charge in [-0.2, -0.15) is 0 Å². The second kappa shape index (κ2) is 4.78. The van der Waals surface area contributed by atoms with Gasteiger partial charge in [0.15, 0.2) is 0 Å². The van der Waals surface area contributed by atoms with Crippen LogP contribution < -0.4 is 5.32 Å². The first kappa shape index (κ1) is 11.3. The Kier molecular flexibility index (Phi) is 3.61. The third kappa shape index (κ3) is 2.69. The Labute approximate surface area is 91.6 Å². The zero-order chi connectivity index (χ0) is 10.7. The Morgan fingerprint density at radius 1 is 1.53 bits per heavy atom. The van der Waals surface area contributed by atoms with Crippen molar-refractivity contribution in [2.75, 3.05) is 40.0 Å². The maximum atomic E-state index is 9.51. The molecule has 4 nitrogen and oxygen atoms in total. The van der Waals surface area contributed by atoms with E-state index in [1.807, 2.05) is 0 Å². The fourth-order valence-electron chi connectivity index (χ4n) is 2.40. The van der Waals surface area contributed by atoms with Crippen LogP contribution in [0.4, 0.5) is 0 Å². The summed E-state index contributed by atoms with van der Waals surface area (Å²) in [6.07, 6.45) is 3.75. The number of hydrogen-bond donors (Lipinski definition) is 2. The third-order valence-corrected chi connectivity index (χ3v) is 3.56. The SMILES string of the molecule is COCCNC1(CO)CCN(C2CC2)C1. The van der Waals surface area contributed by atoms with E-state index in [-0.39, 0.29) is 12.1 Å². The predicted octanol–water partition coefficient (Wildman–Crippen LogP) is -0.178. The molecule has 1 saturated carbocycles. The number of ether oxygens (including phenoxy) is 1. The van der Waals surface area contributed by atoms with E-state index in [2.05, 4.69) is 10.2 Å². The molecule has 1 aliphatic carbocycles. The Morgan fingerprint density at radius 3 is 2.93 bits per heavy atom. The molecule has 1 heterocycles. The molecule has 0 amide bonds. The molecule has 0 bridgehead atoms. The van der Waals surface area contributed by atoms with Crippen molar-refractivity contribution in [1.29, 1.82) is 0 Å². The van der Waals surface area contributed by atoms with Crippen molar-refractivity contribution in [3.05, 3.63) is 0 Å². The lowest BCUT2D eigenvalue weighted by Gasteiger charge is -2.28. The molecule has 0 spiro atoms. The zero-order valence-corrected chi connectivity index (χ0v) is 9.54. The second-order valence-electron chi connectivity index (χ2n) is 4.81. The summed E-state index contributed by atoms with van der Waals surface area (Å²) in [5.41, 5.74) is -0.0683. The van der Waals surface area contributed by atoms with Gasteiger partial charge in [-0.25, -0.2) is 0 Å². The molecule has 0 aromatic carbocycles. The third-order valence-electron chi connectivity index (χ3n) is 3.56. The standard InChI is InChI=1S/C11H22N2O2/c1-15-7-5-12-11(9-14)4-6-13(8-11)10-2-3-10/h10,12,14H,2-9H2,1H3. The van der Waals surface area contributed by atoms with Gasteiger partial charge in [-0.15, -0.1) is 0 Å². The van der Waals surface area contributed by atoms with E-state index in [1.54, 1.807) is 7.11 Å². The average Bonchev–Trinajstić information content (AvgIpc) is 3.02. The summed E-state index contributed by atoms with van der Waals surface area (Å²) < 4.78 is 5.02. The topological polar surface area (TPSA) is 44.7 Å². The monoisotopic (exact) mass is 214 g/mol. The van der Waals surface area contributed by atoms with E-state index >= 15 is 0 Å². The minimum atomic E-state index is -0.0683. The van der Waals surface area contributed by atoms with Gasteiger partial charge in [0.2, 0.25) is 0 Å². The van der Waals surface area contributed by atoms with Crippen LogP contribution in [0, 0.1) is 0 Å². The largest absolute Gasteiger partial charge is 0.394 e. The lowest BCUT2D eigenvalue weighted by atomic mass is 10.00. The Morgan fingerprint density at radius 2 is 2.33 bits per heavy atom. The van der Waals surface area contributed by atoms with Crippen molar-refractivity contribution < 1.29 is 9.84 Å². The quantitative estimate of drug-likeness (QED) is 0.602. The Bertz CT molecular complexity index is 209. The summed E-state index contributed by atoms with van der Waals surface area (Å²) in [6.45, 7) is 3.91. The van der Waals surface area contributed by atoms with Crippen LogP contribution >= 0.6 is 0 Å². The molecular formula is C11H22N2O2. The molecule has 1 saturated heterocycles. The fraction of sp³-hybridized carbons (Fsp3) is 1.00. The normalized spacial score (nSPS) is 32.4. The minimum Gasteiger partial charge on any atom is -0.394 e. The number of likely N-dealkylation sites (tertiary alicyclic amines) is 1. The van der Waals surface area contributed by atoms with Gasteiger partial charge in [0.05, 0.1) is 18.8 Å². The van der Waals surface area contributed by atoms with Crippen LogP contribution in [0.1, 0.15) is 19.3 Å². The van der Waals surface area contributed by atoms with Crippen LogP contribution in [0.5, 0.6) is 0 Å². The lowest BCUT2D eigenvalue weighted by Crippen LogP contribution is -2.51. The first-order valence-corrected chi connectivity index (χ1v) is 5.88. The van der Waals surface area contributed by atoms with Gasteiger partial charge in [-0.1, -0.05) is 0 Å². The van der Waals surface area contributed by atoms with Gasteiger partial charge in [0.1, 0.15) is 0 Å². The van der Waals surface area contributed by atoms with Crippen LogP contribution in [-0.2, 0) is 4.74 Å². The van der Waals surface area contributed by atoms with Crippen molar-refractivity contribution >= 4 is 0 Å². The average molecular weight is 214 g/mol. The first-order valence-electron chi connectivity index (χ1n) is 5.88. The molecular weight excluding hydrogens is 192 g/mol. The molecule has 0 aromatic rings. The molecule has 2 fully saturated rings. The van der Waals surface area contributed by atoms with E-state index in [0.29, 0.717) is 6.61 Å². The van der Waals surface area contributed by atoms with Gasteiger partial charge in [-0.05, 0) is 19.3 Å². The first-order chi connectivity index (χ1) is 7.29. The van der Waals surface area contributed by atoms with Crippen LogP contribution in [0.15, 0.2) is 0 Å². The molecule has 0 radical (unpaired) electrons. The lowest BCUT2D eigenvalue weighted by molar-refractivity contribution is 0.138. The number of methoxy groups -OCH3 is 1. The highest BCUT2D eigenvalue weighted by Gasteiger charge is 2.42. The van der Waals surface area contributed by atoms with E-state index in [0.717, 1.165) is 32.1 Å². The van der Waals surface area contributed by atoms with Gasteiger partial charge in [0, 0.05) is 32.8 Å². The van der Waals surface area contributed by atoms with Crippen molar-refractivity contribution in [2.45, 2.75) is 30.8 Å². The van der Waals surface area contributed by atoms with Gasteiger partial charge < -0.3 is 15.2 Å². The minimum absolute atomic E-state index is 0.0683. The summed E-state index contributed by atoms with van der Waals surface area (Å²) >= 11 is 0. The Hall–Kier alpha value is -0.160. The molecule has 4 heteroatoms. The molecule has 2 aliphatic rings. The molecule has 2 N–H and O–H groups in total. The van der Waals surface area contributed by atoms with E-state index in [1.165, 1.54) is 12.8 Å². The van der Waals surface area contributed by atoms with E-state index in [9.17, 15) is 5.11 Å². The number of hydrogen-bond acceptors (Lipinski definition) is 4. The number of nitrogens with zero attached hydrogens (tertiary/aromatic N) is 1. The zero-order valence-electron chi connectivity index (χ0n) is 9.54. The summed E-state index contributed by atoms with van der Waals surface area (Å²) in [7, 11) is 1.71. The van der Waals surface area contributed by atoms with Crippen molar-refractivity contribution in [2.24, 2.45) is 0 Å². The van der Waals surface area contributed by atoms with Crippen LogP contribution in [0.3, 0.4) is 0 Å². The summed E-state index contributed by atoms with van der Waals surface area (Å²) in [4.78, 5) is 2.51. The van der Waals surface area contributed by atoms with Crippen molar-refractivity contribution in [3.63, 3.8) is 0 Å². The highest BCUT2D eigenvalue weighted by molar-refractivity contribution is 5.01. The molecule has 2 rings (SSSR count). The molecule has 88 valence electrons. The number of aliphatic hydroxyl groups excluding tert-OH is 1. The van der Waals surface area contributed by atoms with E-state index in [4.69, 9.17) is 4.74 Å². The molecule has 1 unspecified atom stereocenters. The van der Waals surface area contributed by atoms with Crippen LogP contribution in [-0.4, -0.2) is 61.5 Å². The predicted molar refractivity (Wildman–Crippen MR) is 58.9 cm³/mol. The number of nitrogens with one attached hydrogen (secondary N) is 1. The molecule has 1 atom stereocenters. The van der Waals surface area contributed by atoms with Gasteiger partial charge in [0.25, 0.3) is 0 Å².